The standard InChI is InChI=1S/C22H26BrN3O4S/c1-30-20-5-3-4-17(14-20)15-26-21(27)25(19-8-6-18(23)7-9-19)16-22(26)10-12-24(13-11-22)31(2,28)29/h3-9,14H,10-13,15-16H2,1-2H3. The van der Waals surface area contributed by atoms with E-state index >= 15 is 0 Å². The van der Waals surface area contributed by atoms with Crippen molar-refractivity contribution in [1.82, 2.24) is 9.21 Å². The number of anilines is 1. The van der Waals surface area contributed by atoms with Crippen molar-refractivity contribution in [3.05, 3.63) is 58.6 Å². The fourth-order valence-electron chi connectivity index (χ4n) is 4.47. The predicted octanol–water partition coefficient (Wildman–Crippen LogP) is 3.69. The van der Waals surface area contributed by atoms with Crippen LogP contribution in [0.1, 0.15) is 18.4 Å². The molecule has 2 aromatic rings. The SMILES string of the molecule is COc1cccc(CN2C(=O)N(c3ccc(Br)cc3)CC23CCN(S(C)(=O)=O)CC3)c1. The molecule has 31 heavy (non-hydrogen) atoms. The fraction of sp³-hybridized carbons (Fsp3) is 0.409. The Bertz CT molecular complexity index is 1070. The van der Waals surface area contributed by atoms with Crippen LogP contribution in [0, 0.1) is 0 Å². The number of carbonyl (C=O) groups excluding carboxylic acids is 1. The number of methoxy groups -OCH3 is 1. The highest BCUT2D eigenvalue weighted by Gasteiger charge is 2.51. The third kappa shape index (κ3) is 4.44. The largest absolute Gasteiger partial charge is 0.497 e. The van der Waals surface area contributed by atoms with Crippen LogP contribution < -0.4 is 9.64 Å². The first-order valence-corrected chi connectivity index (χ1v) is 12.8. The van der Waals surface area contributed by atoms with Gasteiger partial charge in [-0.1, -0.05) is 28.1 Å². The summed E-state index contributed by atoms with van der Waals surface area (Å²) in [7, 11) is -1.62. The normalized spacial score (nSPS) is 19.3. The van der Waals surface area contributed by atoms with Crippen molar-refractivity contribution < 1.29 is 17.9 Å². The molecule has 2 aliphatic heterocycles. The minimum Gasteiger partial charge on any atom is -0.497 e. The van der Waals surface area contributed by atoms with Crippen LogP contribution in [0.15, 0.2) is 53.0 Å². The molecule has 9 heteroatoms. The maximum absolute atomic E-state index is 13.6. The van der Waals surface area contributed by atoms with E-state index in [9.17, 15) is 13.2 Å². The highest BCUT2D eigenvalue weighted by Crippen LogP contribution is 2.40. The van der Waals surface area contributed by atoms with E-state index in [0.717, 1.165) is 21.5 Å². The second-order valence-electron chi connectivity index (χ2n) is 8.17. The molecule has 2 heterocycles. The highest BCUT2D eigenvalue weighted by molar-refractivity contribution is 9.10. The molecular formula is C22H26BrN3O4S. The quantitative estimate of drug-likeness (QED) is 0.618. The third-order valence-electron chi connectivity index (χ3n) is 6.22. The zero-order chi connectivity index (χ0) is 22.2. The molecule has 0 N–H and O–H groups in total. The molecule has 2 fully saturated rings. The van der Waals surface area contributed by atoms with Crippen LogP contribution in [-0.4, -0.2) is 62.2 Å². The van der Waals surface area contributed by atoms with Crippen LogP contribution in [-0.2, 0) is 16.6 Å². The lowest BCUT2D eigenvalue weighted by molar-refractivity contribution is 0.0991. The summed E-state index contributed by atoms with van der Waals surface area (Å²) in [6, 6.07) is 15.4. The zero-order valence-electron chi connectivity index (χ0n) is 17.6. The highest BCUT2D eigenvalue weighted by atomic mass is 79.9. The van der Waals surface area contributed by atoms with E-state index in [1.165, 1.54) is 10.6 Å². The first-order chi connectivity index (χ1) is 14.7. The van der Waals surface area contributed by atoms with E-state index in [4.69, 9.17) is 4.74 Å². The van der Waals surface area contributed by atoms with Crippen molar-refractivity contribution in [3.63, 3.8) is 0 Å². The number of piperidine rings is 1. The summed E-state index contributed by atoms with van der Waals surface area (Å²) in [4.78, 5) is 17.3. The molecule has 0 bridgehead atoms. The zero-order valence-corrected chi connectivity index (χ0v) is 20.0. The van der Waals surface area contributed by atoms with Gasteiger partial charge in [-0.15, -0.1) is 0 Å². The van der Waals surface area contributed by atoms with Crippen molar-refractivity contribution in [2.75, 3.05) is 37.9 Å². The summed E-state index contributed by atoms with van der Waals surface area (Å²) in [5.74, 6) is 0.745. The minimum absolute atomic E-state index is 0.0575. The lowest BCUT2D eigenvalue weighted by Gasteiger charge is -2.43. The van der Waals surface area contributed by atoms with E-state index in [1.54, 1.807) is 7.11 Å². The molecule has 4 rings (SSSR count). The van der Waals surface area contributed by atoms with Gasteiger partial charge in [0, 0.05) is 29.8 Å². The van der Waals surface area contributed by atoms with E-state index < -0.39 is 15.6 Å². The van der Waals surface area contributed by atoms with Crippen LogP contribution in [0.25, 0.3) is 0 Å². The van der Waals surface area contributed by atoms with Crippen LogP contribution in [0.2, 0.25) is 0 Å². The number of benzene rings is 2. The number of rotatable bonds is 5. The van der Waals surface area contributed by atoms with Gasteiger partial charge in [0.05, 0.1) is 25.4 Å². The van der Waals surface area contributed by atoms with Gasteiger partial charge in [-0.25, -0.2) is 17.5 Å². The summed E-state index contributed by atoms with van der Waals surface area (Å²) < 4.78 is 31.9. The molecule has 2 aliphatic rings. The van der Waals surface area contributed by atoms with Gasteiger partial charge in [-0.05, 0) is 54.8 Å². The summed E-state index contributed by atoms with van der Waals surface area (Å²) in [6.45, 7) is 1.81. The molecule has 166 valence electrons. The molecule has 2 amide bonds. The molecule has 1 spiro atoms. The number of amides is 2. The van der Waals surface area contributed by atoms with Gasteiger partial charge in [0.25, 0.3) is 0 Å². The summed E-state index contributed by atoms with van der Waals surface area (Å²) in [5, 5.41) is 0. The maximum atomic E-state index is 13.6. The molecular weight excluding hydrogens is 482 g/mol. The Kier molecular flexibility index (Phi) is 6.02. The van der Waals surface area contributed by atoms with Crippen molar-refractivity contribution in [3.8, 4) is 5.75 Å². The van der Waals surface area contributed by atoms with Crippen LogP contribution in [0.5, 0.6) is 5.75 Å². The average molecular weight is 508 g/mol. The third-order valence-corrected chi connectivity index (χ3v) is 8.05. The first kappa shape index (κ1) is 22.1. The van der Waals surface area contributed by atoms with E-state index in [2.05, 4.69) is 15.9 Å². The van der Waals surface area contributed by atoms with E-state index in [-0.39, 0.29) is 6.03 Å². The van der Waals surface area contributed by atoms with Gasteiger partial charge < -0.3 is 9.64 Å². The number of hydrogen-bond donors (Lipinski definition) is 0. The summed E-state index contributed by atoms with van der Waals surface area (Å²) in [6.07, 6.45) is 2.44. The van der Waals surface area contributed by atoms with Gasteiger partial charge in [-0.3, -0.25) is 4.90 Å². The number of ether oxygens (including phenoxy) is 1. The van der Waals surface area contributed by atoms with E-state index in [0.29, 0.717) is 39.0 Å². The molecule has 0 unspecified atom stereocenters. The Hall–Kier alpha value is -2.10. The molecule has 7 nitrogen and oxygen atoms in total. The fourth-order valence-corrected chi connectivity index (χ4v) is 5.58. The van der Waals surface area contributed by atoms with Gasteiger partial charge in [-0.2, -0.15) is 0 Å². The van der Waals surface area contributed by atoms with Gasteiger partial charge >= 0.3 is 6.03 Å². The lowest BCUT2D eigenvalue weighted by Crippen LogP contribution is -2.54. The Morgan fingerprint density at radius 2 is 1.77 bits per heavy atom. The van der Waals surface area contributed by atoms with Crippen molar-refractivity contribution >= 4 is 37.7 Å². The first-order valence-electron chi connectivity index (χ1n) is 10.1. The Balaban J connectivity index is 1.66. The molecule has 0 saturated carbocycles. The second-order valence-corrected chi connectivity index (χ2v) is 11.1. The Labute approximate surface area is 191 Å². The van der Waals surface area contributed by atoms with Crippen molar-refractivity contribution in [2.45, 2.75) is 24.9 Å². The molecule has 2 aromatic carbocycles. The maximum Gasteiger partial charge on any atom is 0.325 e. The second kappa shape index (κ2) is 8.44. The van der Waals surface area contributed by atoms with Crippen LogP contribution in [0.4, 0.5) is 10.5 Å². The van der Waals surface area contributed by atoms with Crippen LogP contribution >= 0.6 is 15.9 Å². The molecule has 0 atom stereocenters. The smallest absolute Gasteiger partial charge is 0.325 e. The topological polar surface area (TPSA) is 70.2 Å². The Morgan fingerprint density at radius 1 is 1.10 bits per heavy atom. The average Bonchev–Trinajstić information content (AvgIpc) is 3.00. The van der Waals surface area contributed by atoms with Crippen molar-refractivity contribution in [1.29, 1.82) is 0 Å². The minimum atomic E-state index is -3.25. The Morgan fingerprint density at radius 3 is 2.39 bits per heavy atom. The van der Waals surface area contributed by atoms with Gasteiger partial charge in [0.1, 0.15) is 5.75 Å². The monoisotopic (exact) mass is 507 g/mol. The lowest BCUT2D eigenvalue weighted by atomic mass is 9.87. The summed E-state index contributed by atoms with van der Waals surface area (Å²) in [5.41, 5.74) is 1.40. The number of hydrogen-bond acceptors (Lipinski definition) is 4. The number of nitrogens with zero attached hydrogens (tertiary/aromatic N) is 3. The summed E-state index contributed by atoms with van der Waals surface area (Å²) >= 11 is 3.45. The molecule has 0 radical (unpaired) electrons. The van der Waals surface area contributed by atoms with Crippen molar-refractivity contribution in [2.24, 2.45) is 0 Å². The van der Waals surface area contributed by atoms with E-state index in [1.807, 2.05) is 58.3 Å². The predicted molar refractivity (Wildman–Crippen MR) is 124 cm³/mol. The van der Waals surface area contributed by atoms with Gasteiger partial charge in [0.15, 0.2) is 0 Å². The number of sulfonamides is 1. The molecule has 0 aliphatic carbocycles. The number of carbonyl (C=O) groups is 1. The van der Waals surface area contributed by atoms with Crippen LogP contribution in [0.3, 0.4) is 0 Å². The van der Waals surface area contributed by atoms with Gasteiger partial charge in [0.2, 0.25) is 10.0 Å². The molecule has 2 saturated heterocycles. The number of halogens is 1. The number of urea groups is 1. The molecule has 0 aromatic heterocycles.